The molecule has 0 fully saturated rings. The standard InChI is InChI=1S/C14H21N3O3/c1-10(2)20-14-8-12(11-4-6-15-7-5-11)16(3)9-13(14)17(18)19/h4,6,8,10,13,15H,5,7,9H2,1-3H3. The van der Waals surface area contributed by atoms with Gasteiger partial charge in [0.1, 0.15) is 0 Å². The molecule has 20 heavy (non-hydrogen) atoms. The topological polar surface area (TPSA) is 67.6 Å². The molecule has 0 radical (unpaired) electrons. The molecule has 0 aromatic heterocycles. The lowest BCUT2D eigenvalue weighted by atomic mass is 10.0. The molecule has 6 heteroatoms. The second-order valence-corrected chi connectivity index (χ2v) is 5.34. The van der Waals surface area contributed by atoms with E-state index in [1.807, 2.05) is 44.1 Å². The Balaban J connectivity index is 2.38. The molecule has 2 aliphatic rings. The van der Waals surface area contributed by atoms with Crippen molar-refractivity contribution in [3.8, 4) is 0 Å². The molecule has 1 unspecified atom stereocenters. The summed E-state index contributed by atoms with van der Waals surface area (Å²) in [5.41, 5.74) is 2.19. The van der Waals surface area contributed by atoms with Crippen molar-refractivity contribution in [1.29, 1.82) is 0 Å². The fourth-order valence-electron chi connectivity index (χ4n) is 2.43. The van der Waals surface area contributed by atoms with Gasteiger partial charge in [0, 0.05) is 30.3 Å². The summed E-state index contributed by atoms with van der Waals surface area (Å²) in [5, 5.41) is 14.3. The van der Waals surface area contributed by atoms with Gasteiger partial charge in [-0.25, -0.2) is 0 Å². The minimum atomic E-state index is -0.794. The number of nitrogens with one attached hydrogen (secondary N) is 1. The van der Waals surface area contributed by atoms with E-state index >= 15 is 0 Å². The molecule has 0 spiro atoms. The van der Waals surface area contributed by atoms with E-state index in [2.05, 4.69) is 5.32 Å². The molecule has 2 rings (SSSR count). The van der Waals surface area contributed by atoms with Crippen LogP contribution in [0.4, 0.5) is 0 Å². The second-order valence-electron chi connectivity index (χ2n) is 5.34. The molecule has 0 aromatic rings. The van der Waals surface area contributed by atoms with Gasteiger partial charge in [0.2, 0.25) is 0 Å². The molecule has 1 N–H and O–H groups in total. The maximum Gasteiger partial charge on any atom is 0.286 e. The van der Waals surface area contributed by atoms with E-state index in [-0.39, 0.29) is 11.0 Å². The molecular weight excluding hydrogens is 258 g/mol. The Morgan fingerprint density at radius 1 is 1.55 bits per heavy atom. The predicted octanol–water partition coefficient (Wildman–Crippen LogP) is 1.65. The third-order valence-electron chi connectivity index (χ3n) is 3.36. The SMILES string of the molecule is CC(C)OC1=CC(=C2C=CNCC2)N(C)CC1[N+](=O)[O-]. The summed E-state index contributed by atoms with van der Waals surface area (Å²) < 4.78 is 5.65. The van der Waals surface area contributed by atoms with Crippen LogP contribution in [0.1, 0.15) is 20.3 Å². The van der Waals surface area contributed by atoms with Crippen LogP contribution in [0.5, 0.6) is 0 Å². The molecule has 2 heterocycles. The average Bonchev–Trinajstić information content (AvgIpc) is 2.40. The number of nitro groups is 1. The lowest BCUT2D eigenvalue weighted by Gasteiger charge is -2.31. The molecule has 0 bridgehead atoms. The van der Waals surface area contributed by atoms with Crippen LogP contribution in [0.3, 0.4) is 0 Å². The van der Waals surface area contributed by atoms with Crippen molar-refractivity contribution in [3.63, 3.8) is 0 Å². The first-order valence-electron chi connectivity index (χ1n) is 6.85. The number of nitrogens with zero attached hydrogens (tertiary/aromatic N) is 2. The summed E-state index contributed by atoms with van der Waals surface area (Å²) in [6.07, 6.45) is 6.59. The molecule has 6 nitrogen and oxygen atoms in total. The summed E-state index contributed by atoms with van der Waals surface area (Å²) in [6, 6.07) is -0.794. The Morgan fingerprint density at radius 2 is 2.30 bits per heavy atom. The predicted molar refractivity (Wildman–Crippen MR) is 76.5 cm³/mol. The second kappa shape index (κ2) is 5.98. The highest BCUT2D eigenvalue weighted by atomic mass is 16.6. The number of allylic oxidation sites excluding steroid dienone is 2. The van der Waals surface area contributed by atoms with Crippen LogP contribution in [0.2, 0.25) is 0 Å². The third-order valence-corrected chi connectivity index (χ3v) is 3.36. The van der Waals surface area contributed by atoms with Crippen molar-refractivity contribution in [3.05, 3.63) is 45.5 Å². The highest BCUT2D eigenvalue weighted by Crippen LogP contribution is 2.26. The normalized spacial score (nSPS) is 26.3. The average molecular weight is 279 g/mol. The van der Waals surface area contributed by atoms with Gasteiger partial charge in [0.25, 0.3) is 6.04 Å². The van der Waals surface area contributed by atoms with Crippen LogP contribution in [-0.4, -0.2) is 42.1 Å². The summed E-state index contributed by atoms with van der Waals surface area (Å²) >= 11 is 0. The largest absolute Gasteiger partial charge is 0.488 e. The number of hydrogen-bond acceptors (Lipinski definition) is 5. The van der Waals surface area contributed by atoms with Crippen LogP contribution >= 0.6 is 0 Å². The van der Waals surface area contributed by atoms with E-state index in [0.717, 1.165) is 18.7 Å². The first-order chi connectivity index (χ1) is 9.49. The summed E-state index contributed by atoms with van der Waals surface area (Å²) in [4.78, 5) is 12.9. The minimum Gasteiger partial charge on any atom is -0.488 e. The van der Waals surface area contributed by atoms with E-state index in [9.17, 15) is 10.1 Å². The van der Waals surface area contributed by atoms with E-state index < -0.39 is 6.04 Å². The van der Waals surface area contributed by atoms with Crippen molar-refractivity contribution in [2.45, 2.75) is 32.4 Å². The Morgan fingerprint density at radius 3 is 2.85 bits per heavy atom. The number of likely N-dealkylation sites (N-methyl/N-ethyl adjacent to an activating group) is 1. The third kappa shape index (κ3) is 3.12. The molecule has 110 valence electrons. The van der Waals surface area contributed by atoms with Crippen LogP contribution < -0.4 is 5.32 Å². The highest BCUT2D eigenvalue weighted by molar-refractivity contribution is 5.37. The summed E-state index contributed by atoms with van der Waals surface area (Å²) in [6.45, 7) is 4.99. The zero-order valence-corrected chi connectivity index (χ0v) is 12.1. The number of ether oxygens (including phenoxy) is 1. The van der Waals surface area contributed by atoms with Crippen LogP contribution in [0.15, 0.2) is 35.4 Å². The van der Waals surface area contributed by atoms with Crippen molar-refractivity contribution in [2.24, 2.45) is 0 Å². The maximum atomic E-state index is 11.2. The molecule has 0 aromatic carbocycles. The first kappa shape index (κ1) is 14.4. The Bertz CT molecular complexity index is 480. The molecule has 0 saturated heterocycles. The van der Waals surface area contributed by atoms with Crippen LogP contribution in [-0.2, 0) is 4.74 Å². The molecular formula is C14H21N3O3. The molecule has 2 aliphatic heterocycles. The van der Waals surface area contributed by atoms with Crippen LogP contribution in [0.25, 0.3) is 0 Å². The quantitative estimate of drug-likeness (QED) is 0.628. The van der Waals surface area contributed by atoms with Gasteiger partial charge < -0.3 is 15.0 Å². The van der Waals surface area contributed by atoms with Gasteiger partial charge in [-0.1, -0.05) is 0 Å². The van der Waals surface area contributed by atoms with E-state index in [1.54, 1.807) is 0 Å². The maximum absolute atomic E-state index is 11.2. The van der Waals surface area contributed by atoms with Gasteiger partial charge in [-0.2, -0.15) is 0 Å². The fourth-order valence-corrected chi connectivity index (χ4v) is 2.43. The molecule has 0 amide bonds. The van der Waals surface area contributed by atoms with Gasteiger partial charge in [-0.15, -0.1) is 0 Å². The van der Waals surface area contributed by atoms with E-state index in [1.165, 1.54) is 5.57 Å². The molecule has 0 aliphatic carbocycles. The van der Waals surface area contributed by atoms with Crippen LogP contribution in [0, 0.1) is 10.1 Å². The van der Waals surface area contributed by atoms with Crippen molar-refractivity contribution in [2.75, 3.05) is 20.1 Å². The van der Waals surface area contributed by atoms with Gasteiger partial charge in [0.15, 0.2) is 5.76 Å². The van der Waals surface area contributed by atoms with E-state index in [4.69, 9.17) is 4.74 Å². The lowest BCUT2D eigenvalue weighted by Crippen LogP contribution is -2.40. The smallest absolute Gasteiger partial charge is 0.286 e. The zero-order valence-electron chi connectivity index (χ0n) is 12.1. The number of rotatable bonds is 3. The Kier molecular flexibility index (Phi) is 4.32. The Hall–Kier alpha value is -1.98. The van der Waals surface area contributed by atoms with Crippen molar-refractivity contribution in [1.82, 2.24) is 10.2 Å². The summed E-state index contributed by atoms with van der Waals surface area (Å²) in [5.74, 6) is 0.456. The Labute approximate surface area is 118 Å². The van der Waals surface area contributed by atoms with Crippen molar-refractivity contribution < 1.29 is 9.66 Å². The number of hydrogen-bond donors (Lipinski definition) is 1. The monoisotopic (exact) mass is 279 g/mol. The minimum absolute atomic E-state index is 0.0677. The molecule has 1 atom stereocenters. The fraction of sp³-hybridized carbons (Fsp3) is 0.571. The van der Waals surface area contributed by atoms with E-state index in [0.29, 0.717) is 12.3 Å². The molecule has 0 saturated carbocycles. The van der Waals surface area contributed by atoms with Crippen molar-refractivity contribution >= 4 is 0 Å². The summed E-state index contributed by atoms with van der Waals surface area (Å²) in [7, 11) is 1.89. The highest BCUT2D eigenvalue weighted by Gasteiger charge is 2.34. The van der Waals surface area contributed by atoms with Gasteiger partial charge in [0.05, 0.1) is 12.6 Å². The van der Waals surface area contributed by atoms with Gasteiger partial charge in [-0.05, 0) is 38.1 Å². The zero-order chi connectivity index (χ0) is 14.7. The lowest BCUT2D eigenvalue weighted by molar-refractivity contribution is -0.518. The van der Waals surface area contributed by atoms with Gasteiger partial charge in [-0.3, -0.25) is 10.1 Å². The first-order valence-corrected chi connectivity index (χ1v) is 6.85. The van der Waals surface area contributed by atoms with Gasteiger partial charge >= 0.3 is 0 Å².